The summed E-state index contributed by atoms with van der Waals surface area (Å²) in [6.45, 7) is 8.77. The second-order valence-electron chi connectivity index (χ2n) is 4.22. The fraction of sp³-hybridized carbons (Fsp3) is 0.333. The van der Waals surface area contributed by atoms with Crippen molar-refractivity contribution in [2.45, 2.75) is 26.4 Å². The van der Waals surface area contributed by atoms with Gasteiger partial charge in [-0.05, 0) is 20.8 Å². The molecule has 15 heavy (non-hydrogen) atoms. The van der Waals surface area contributed by atoms with E-state index >= 15 is 0 Å². The quantitative estimate of drug-likeness (QED) is 0.724. The molecule has 3 heteroatoms. The second kappa shape index (κ2) is 4.01. The summed E-state index contributed by atoms with van der Waals surface area (Å²) in [6.07, 6.45) is 1.14. The van der Waals surface area contributed by atoms with Gasteiger partial charge >= 0.3 is 0 Å². The molecule has 0 N–H and O–H groups in total. The Bertz CT molecular complexity index is 355. The first-order valence-electron chi connectivity index (χ1n) is 4.64. The van der Waals surface area contributed by atoms with Crippen LogP contribution in [0.5, 0.6) is 5.75 Å². The largest absolute Gasteiger partial charge is 0.488 e. The fourth-order valence-corrected chi connectivity index (χ4v) is 1.17. The van der Waals surface area contributed by atoms with Crippen LogP contribution in [0.15, 0.2) is 18.7 Å². The minimum atomic E-state index is -0.663. The van der Waals surface area contributed by atoms with E-state index in [1.807, 2.05) is 20.8 Å². The van der Waals surface area contributed by atoms with E-state index in [1.54, 1.807) is 0 Å². The van der Waals surface area contributed by atoms with Gasteiger partial charge in [0.1, 0.15) is 23.0 Å². The van der Waals surface area contributed by atoms with E-state index in [0.717, 1.165) is 18.2 Å². The van der Waals surface area contributed by atoms with Crippen LogP contribution in [0, 0.1) is 11.6 Å². The highest BCUT2D eigenvalue weighted by molar-refractivity contribution is 5.50. The Hall–Kier alpha value is -1.38. The van der Waals surface area contributed by atoms with E-state index in [1.165, 1.54) is 0 Å². The predicted molar refractivity (Wildman–Crippen MR) is 56.8 cm³/mol. The van der Waals surface area contributed by atoms with Crippen molar-refractivity contribution in [3.05, 3.63) is 35.9 Å². The number of ether oxygens (including phenoxy) is 1. The Morgan fingerprint density at radius 1 is 1.20 bits per heavy atom. The van der Waals surface area contributed by atoms with Gasteiger partial charge in [0.15, 0.2) is 0 Å². The van der Waals surface area contributed by atoms with Gasteiger partial charge in [-0.25, -0.2) is 8.78 Å². The minimum Gasteiger partial charge on any atom is -0.488 e. The Morgan fingerprint density at radius 3 is 2.00 bits per heavy atom. The molecule has 0 radical (unpaired) electrons. The third-order valence-electron chi connectivity index (χ3n) is 1.68. The molecule has 0 saturated carbocycles. The maximum atomic E-state index is 13.3. The van der Waals surface area contributed by atoms with Gasteiger partial charge in [0.25, 0.3) is 0 Å². The molecule has 0 saturated heterocycles. The summed E-state index contributed by atoms with van der Waals surface area (Å²) in [4.78, 5) is 0. The van der Waals surface area contributed by atoms with Gasteiger partial charge < -0.3 is 4.74 Å². The molecule has 1 aromatic rings. The van der Waals surface area contributed by atoms with Crippen molar-refractivity contribution in [1.29, 1.82) is 0 Å². The average molecular weight is 212 g/mol. The van der Waals surface area contributed by atoms with Gasteiger partial charge in [-0.2, -0.15) is 0 Å². The minimum absolute atomic E-state index is 0.128. The molecule has 0 aliphatic heterocycles. The summed E-state index contributed by atoms with van der Waals surface area (Å²) in [5.41, 5.74) is -0.606. The molecule has 0 heterocycles. The smallest absolute Gasteiger partial charge is 0.137 e. The topological polar surface area (TPSA) is 9.23 Å². The van der Waals surface area contributed by atoms with Crippen molar-refractivity contribution in [2.75, 3.05) is 0 Å². The van der Waals surface area contributed by atoms with Gasteiger partial charge in [-0.3, -0.25) is 0 Å². The summed E-state index contributed by atoms with van der Waals surface area (Å²) in [7, 11) is 0. The van der Waals surface area contributed by atoms with Crippen LogP contribution in [0.1, 0.15) is 26.3 Å². The number of rotatable bonds is 2. The fourth-order valence-electron chi connectivity index (χ4n) is 1.17. The van der Waals surface area contributed by atoms with Gasteiger partial charge in [0.2, 0.25) is 0 Å². The lowest BCUT2D eigenvalue weighted by atomic mass is 10.1. The summed E-state index contributed by atoms with van der Waals surface area (Å²) in [5.74, 6) is -1.14. The van der Waals surface area contributed by atoms with E-state index < -0.39 is 17.2 Å². The standard InChI is InChI=1S/C12H14F2O/c1-5-9-10(13)6-8(7-11(9)14)15-12(2,3)4/h5-7H,1H2,2-4H3. The lowest BCUT2D eigenvalue weighted by Gasteiger charge is -2.21. The molecule has 0 aliphatic carbocycles. The number of hydrogen-bond donors (Lipinski definition) is 0. The zero-order valence-electron chi connectivity index (χ0n) is 9.10. The molecule has 1 nitrogen and oxygen atoms in total. The van der Waals surface area contributed by atoms with Crippen molar-refractivity contribution < 1.29 is 13.5 Å². The normalized spacial score (nSPS) is 11.3. The molecular formula is C12H14F2O. The third-order valence-corrected chi connectivity index (χ3v) is 1.68. The summed E-state index contributed by atoms with van der Waals surface area (Å²) in [5, 5.41) is 0. The van der Waals surface area contributed by atoms with Gasteiger partial charge in [-0.1, -0.05) is 12.7 Å². The van der Waals surface area contributed by atoms with Gasteiger partial charge in [0.05, 0.1) is 0 Å². The Labute approximate surface area is 88.4 Å². The number of benzene rings is 1. The number of halogens is 2. The lowest BCUT2D eigenvalue weighted by Crippen LogP contribution is -2.23. The molecule has 0 amide bonds. The first-order valence-corrected chi connectivity index (χ1v) is 4.64. The monoisotopic (exact) mass is 212 g/mol. The summed E-state index contributed by atoms with van der Waals surface area (Å²) >= 11 is 0. The average Bonchev–Trinajstić information content (AvgIpc) is 1.99. The van der Waals surface area contributed by atoms with Crippen LogP contribution in [0.3, 0.4) is 0 Å². The highest BCUT2D eigenvalue weighted by Crippen LogP contribution is 2.24. The Kier molecular flexibility index (Phi) is 3.12. The van der Waals surface area contributed by atoms with Crippen molar-refractivity contribution in [3.8, 4) is 5.75 Å². The molecule has 0 unspecified atom stereocenters. The van der Waals surface area contributed by atoms with Gasteiger partial charge in [0, 0.05) is 17.7 Å². The van der Waals surface area contributed by atoms with E-state index in [-0.39, 0.29) is 11.3 Å². The number of hydrogen-bond acceptors (Lipinski definition) is 1. The molecule has 1 rings (SSSR count). The predicted octanol–water partition coefficient (Wildman–Crippen LogP) is 3.79. The maximum Gasteiger partial charge on any atom is 0.137 e. The molecule has 0 bridgehead atoms. The molecule has 1 aromatic carbocycles. The van der Waals surface area contributed by atoms with Crippen LogP contribution in [0.2, 0.25) is 0 Å². The lowest BCUT2D eigenvalue weighted by molar-refractivity contribution is 0.130. The van der Waals surface area contributed by atoms with E-state index in [9.17, 15) is 8.78 Å². The maximum absolute atomic E-state index is 13.3. The molecule has 0 fully saturated rings. The third kappa shape index (κ3) is 3.05. The van der Waals surface area contributed by atoms with E-state index in [0.29, 0.717) is 0 Å². The van der Waals surface area contributed by atoms with Crippen LogP contribution >= 0.6 is 0 Å². The van der Waals surface area contributed by atoms with E-state index in [4.69, 9.17) is 4.74 Å². The molecule has 82 valence electrons. The van der Waals surface area contributed by atoms with Crippen LogP contribution in [-0.4, -0.2) is 5.60 Å². The summed E-state index contributed by atoms with van der Waals surface area (Å²) < 4.78 is 31.9. The first-order chi connectivity index (χ1) is 6.83. The SMILES string of the molecule is C=Cc1c(F)cc(OC(C)(C)C)cc1F. The molecule has 0 aromatic heterocycles. The summed E-state index contributed by atoms with van der Waals surface area (Å²) in [6, 6.07) is 2.32. The molecule has 0 spiro atoms. The van der Waals surface area contributed by atoms with Crippen molar-refractivity contribution in [2.24, 2.45) is 0 Å². The molecule has 0 atom stereocenters. The van der Waals surface area contributed by atoms with Crippen LogP contribution < -0.4 is 4.74 Å². The highest BCUT2D eigenvalue weighted by atomic mass is 19.1. The highest BCUT2D eigenvalue weighted by Gasteiger charge is 2.15. The van der Waals surface area contributed by atoms with Crippen LogP contribution in [-0.2, 0) is 0 Å². The first kappa shape index (κ1) is 11.7. The van der Waals surface area contributed by atoms with Crippen LogP contribution in [0.25, 0.3) is 6.08 Å². The van der Waals surface area contributed by atoms with Crippen LogP contribution in [0.4, 0.5) is 8.78 Å². The molecule has 0 aliphatic rings. The van der Waals surface area contributed by atoms with E-state index in [2.05, 4.69) is 6.58 Å². The van der Waals surface area contributed by atoms with Crippen molar-refractivity contribution in [3.63, 3.8) is 0 Å². The zero-order valence-corrected chi connectivity index (χ0v) is 9.10. The van der Waals surface area contributed by atoms with Crippen molar-refractivity contribution in [1.82, 2.24) is 0 Å². The van der Waals surface area contributed by atoms with Gasteiger partial charge in [-0.15, -0.1) is 0 Å². The zero-order chi connectivity index (χ0) is 11.6. The second-order valence-corrected chi connectivity index (χ2v) is 4.22. The Morgan fingerprint density at radius 2 is 1.67 bits per heavy atom. The Balaban J connectivity index is 3.09. The molecular weight excluding hydrogens is 198 g/mol. The van der Waals surface area contributed by atoms with Crippen molar-refractivity contribution >= 4 is 6.08 Å².